The molecule has 0 aliphatic heterocycles. The van der Waals surface area contributed by atoms with Crippen molar-refractivity contribution in [2.45, 2.75) is 386 Å². The van der Waals surface area contributed by atoms with Crippen molar-refractivity contribution in [1.82, 2.24) is 0 Å². The van der Waals surface area contributed by atoms with Crippen LogP contribution in [0.4, 0.5) is 0 Å². The first-order chi connectivity index (χ1) is 52.2. The fraction of sp³-hybridized carbons (Fsp3) is 0.742. The third-order valence-electron chi connectivity index (χ3n) is 18.2. The minimum atomic E-state index is -4.93. The van der Waals surface area contributed by atoms with Crippen molar-refractivity contribution >= 4 is 33.6 Å². The molecule has 0 saturated carbocycles. The van der Waals surface area contributed by atoms with Gasteiger partial charge in [-0.1, -0.05) is 361 Å². The highest BCUT2D eigenvalue weighted by atomic mass is 31.2. The highest BCUT2D eigenvalue weighted by molar-refractivity contribution is 7.47. The number of hydrogen-bond donors (Lipinski definition) is 4. The Kier molecular flexibility index (Phi) is 78.4. The maximum atomic E-state index is 12.9. The van der Waals surface area contributed by atoms with E-state index in [1.807, 2.05) is 0 Å². The van der Waals surface area contributed by atoms with E-state index in [0.29, 0.717) is 19.3 Å². The predicted octanol–water partition coefficient (Wildman–Crippen LogP) is 25.7. The second-order valence-corrected chi connectivity index (χ2v) is 31.5. The number of allylic oxidation sites excluding steroid dienone is 20. The van der Waals surface area contributed by atoms with Gasteiger partial charge in [-0.3, -0.25) is 32.5 Å². The molecule has 0 radical (unpaired) electrons. The topological polar surface area (TPSA) is 231 Å². The molecule has 0 fully saturated rings. The maximum absolute atomic E-state index is 12.9. The molecule has 0 aliphatic carbocycles. The summed E-state index contributed by atoms with van der Waals surface area (Å²) in [6.45, 7) is 2.48. The van der Waals surface area contributed by atoms with E-state index in [9.17, 15) is 43.5 Å². The Morgan fingerprint density at radius 3 is 0.785 bits per heavy atom. The lowest BCUT2D eigenvalue weighted by atomic mass is 10.0. The van der Waals surface area contributed by atoms with E-state index in [4.69, 9.17) is 32.3 Å². The smallest absolute Gasteiger partial charge is 0.463 e. The molecule has 0 aromatic carbocycles. The van der Waals surface area contributed by atoms with E-state index in [-0.39, 0.29) is 19.3 Å². The zero-order valence-corrected chi connectivity index (χ0v) is 69.6. The van der Waals surface area contributed by atoms with Gasteiger partial charge in [0.1, 0.15) is 25.4 Å². The van der Waals surface area contributed by atoms with E-state index in [0.717, 1.165) is 141 Å². The summed E-state index contributed by atoms with van der Waals surface area (Å²) in [6, 6.07) is 0. The Bertz CT molecular complexity index is 2430. The van der Waals surface area contributed by atoms with Crippen LogP contribution < -0.4 is 0 Å². The number of carbonyl (C=O) groups excluding carboxylic acids is 3. The van der Waals surface area contributed by atoms with Gasteiger partial charge in [-0.2, -0.15) is 0 Å². The molecule has 16 nitrogen and oxygen atoms in total. The number of phosphoric acid groups is 2. The fourth-order valence-electron chi connectivity index (χ4n) is 11.7. The number of ether oxygens (including phenoxy) is 3. The van der Waals surface area contributed by atoms with Crippen molar-refractivity contribution in [2.24, 2.45) is 0 Å². The molecular formula is C89H156O16P2. The number of aliphatic hydroxyl groups excluding tert-OH is 2. The zero-order valence-electron chi connectivity index (χ0n) is 67.8. The summed E-state index contributed by atoms with van der Waals surface area (Å²) in [6.07, 6.45) is 98.5. The average molecular weight is 1540 g/mol. The Morgan fingerprint density at radius 2 is 0.495 bits per heavy atom. The molecule has 5 atom stereocenters. The Morgan fingerprint density at radius 1 is 0.271 bits per heavy atom. The van der Waals surface area contributed by atoms with Crippen molar-refractivity contribution in [3.8, 4) is 0 Å². The van der Waals surface area contributed by atoms with Crippen LogP contribution >= 0.6 is 15.6 Å². The third kappa shape index (κ3) is 82.7. The van der Waals surface area contributed by atoms with Crippen molar-refractivity contribution < 1.29 is 75.8 Å². The minimum Gasteiger partial charge on any atom is -0.463 e. The molecular weight excluding hydrogens is 1390 g/mol. The van der Waals surface area contributed by atoms with E-state index >= 15 is 0 Å². The zero-order chi connectivity index (χ0) is 78.0. The van der Waals surface area contributed by atoms with Gasteiger partial charge in [0.2, 0.25) is 0 Å². The van der Waals surface area contributed by atoms with Crippen LogP contribution in [0.1, 0.15) is 367 Å². The predicted molar refractivity (Wildman–Crippen MR) is 445 cm³/mol. The molecule has 0 aromatic heterocycles. The van der Waals surface area contributed by atoms with Crippen LogP contribution in [0.25, 0.3) is 0 Å². The molecule has 5 unspecified atom stereocenters. The standard InChI is InChI=1S/C89H156O16P2/c1-4-7-10-13-16-19-22-24-26-28-30-32-34-36-37-38-39-40-41-42-43-44-45-47-49-50-52-54-56-58-61-63-66-69-72-75-87(92)99-78-84(90)79-101-106(95,96)102-80-85(91)81-103-107(97,98)104-83-86(105-89(94)77-74-71-68-65-60-21-18-15-12-9-6-3)82-100-88(93)76-73-70-67-64-62-59-57-55-53-51-48-46-35-33-31-29-27-25-23-20-17-14-11-8-5-2/h7-8,10-11,16-17,19-20,24-27,30-33,36-37,46,48,84-86,90-91H,4-6,9,12-15,18,21-23,28-29,34-35,38-45,47,49-83H2,1-3H3,(H,95,96)(H,97,98)/b10-7-,11-8-,19-16-,20-17-,26-24-,27-25-,32-30-,33-31-,37-36-,48-46-. The molecule has 0 aliphatic rings. The van der Waals surface area contributed by atoms with Gasteiger partial charge in [0.05, 0.1) is 26.4 Å². The highest BCUT2D eigenvalue weighted by Crippen LogP contribution is 2.45. The number of carbonyl (C=O) groups is 3. The first-order valence-corrected chi connectivity index (χ1v) is 45.8. The molecule has 0 saturated heterocycles. The molecule has 107 heavy (non-hydrogen) atoms. The summed E-state index contributed by atoms with van der Waals surface area (Å²) in [5.74, 6) is -1.57. The maximum Gasteiger partial charge on any atom is 0.472 e. The second-order valence-electron chi connectivity index (χ2n) is 28.6. The van der Waals surface area contributed by atoms with Gasteiger partial charge in [0.25, 0.3) is 0 Å². The second kappa shape index (κ2) is 81.4. The van der Waals surface area contributed by atoms with Gasteiger partial charge in [0.15, 0.2) is 6.10 Å². The molecule has 0 amide bonds. The largest absolute Gasteiger partial charge is 0.472 e. The quantitative estimate of drug-likeness (QED) is 0.0146. The van der Waals surface area contributed by atoms with Crippen molar-refractivity contribution in [3.05, 3.63) is 122 Å². The fourth-order valence-corrected chi connectivity index (χ4v) is 13.3. The Labute approximate surface area is 653 Å². The Hall–Kier alpha value is -4.05. The summed E-state index contributed by atoms with van der Waals surface area (Å²) in [7, 11) is -9.78. The lowest BCUT2D eigenvalue weighted by Crippen LogP contribution is -2.30. The highest BCUT2D eigenvalue weighted by Gasteiger charge is 2.29. The third-order valence-corrected chi connectivity index (χ3v) is 20.1. The molecule has 0 rings (SSSR count). The van der Waals surface area contributed by atoms with Gasteiger partial charge < -0.3 is 34.2 Å². The summed E-state index contributed by atoms with van der Waals surface area (Å²) >= 11 is 0. The SMILES string of the molecule is CC/C=C\C/C=C\C/C=C\C/C=C\C/C=C\CCCCCCCCCCCCCCCCCCCCCC(=O)OCC(O)COP(=O)(O)OCC(O)COP(=O)(O)OCC(COC(=O)CCCCCCCCCCC/C=C\C/C=C\C/C=C\C/C=C\C/C=C\CC)OC(=O)CCCCCCCCCCCCC. The van der Waals surface area contributed by atoms with Crippen LogP contribution in [0.15, 0.2) is 122 Å². The number of rotatable bonds is 81. The summed E-state index contributed by atoms with van der Waals surface area (Å²) in [5.41, 5.74) is 0. The van der Waals surface area contributed by atoms with Crippen LogP contribution in [0.2, 0.25) is 0 Å². The number of unbranched alkanes of at least 4 members (excludes halogenated alkanes) is 38. The van der Waals surface area contributed by atoms with Crippen LogP contribution in [0, 0.1) is 0 Å². The molecule has 0 bridgehead atoms. The van der Waals surface area contributed by atoms with Crippen molar-refractivity contribution in [3.63, 3.8) is 0 Å². The molecule has 0 heterocycles. The van der Waals surface area contributed by atoms with E-state index in [1.54, 1.807) is 0 Å². The van der Waals surface area contributed by atoms with Gasteiger partial charge in [-0.25, -0.2) is 9.13 Å². The van der Waals surface area contributed by atoms with Crippen molar-refractivity contribution in [1.29, 1.82) is 0 Å². The van der Waals surface area contributed by atoms with Crippen LogP contribution in [-0.4, -0.2) is 95.9 Å². The summed E-state index contributed by atoms with van der Waals surface area (Å²) < 4.78 is 61.2. The summed E-state index contributed by atoms with van der Waals surface area (Å²) in [4.78, 5) is 58.7. The van der Waals surface area contributed by atoms with Crippen LogP contribution in [-0.2, 0) is 55.8 Å². The number of aliphatic hydroxyl groups is 2. The molecule has 618 valence electrons. The minimum absolute atomic E-state index is 0.106. The number of esters is 3. The lowest BCUT2D eigenvalue weighted by molar-refractivity contribution is -0.161. The number of hydrogen-bond acceptors (Lipinski definition) is 14. The molecule has 0 spiro atoms. The van der Waals surface area contributed by atoms with Gasteiger partial charge in [0, 0.05) is 19.3 Å². The monoisotopic (exact) mass is 1540 g/mol. The Balaban J connectivity index is 4.33. The lowest BCUT2D eigenvalue weighted by Gasteiger charge is -2.21. The van der Waals surface area contributed by atoms with Crippen LogP contribution in [0.3, 0.4) is 0 Å². The van der Waals surface area contributed by atoms with E-state index < -0.39 is 91.5 Å². The summed E-state index contributed by atoms with van der Waals surface area (Å²) in [5, 5.41) is 20.7. The van der Waals surface area contributed by atoms with E-state index in [2.05, 4.69) is 142 Å². The van der Waals surface area contributed by atoms with Gasteiger partial charge >= 0.3 is 33.6 Å². The van der Waals surface area contributed by atoms with Crippen LogP contribution in [0.5, 0.6) is 0 Å². The van der Waals surface area contributed by atoms with Crippen molar-refractivity contribution in [2.75, 3.05) is 39.6 Å². The molecule has 0 aromatic rings. The normalized spacial score (nSPS) is 14.5. The van der Waals surface area contributed by atoms with Gasteiger partial charge in [-0.05, 0) is 109 Å². The molecule has 4 N–H and O–H groups in total. The first-order valence-electron chi connectivity index (χ1n) is 42.8. The first kappa shape index (κ1) is 103. The van der Waals surface area contributed by atoms with Gasteiger partial charge in [-0.15, -0.1) is 0 Å². The number of phosphoric ester groups is 2. The van der Waals surface area contributed by atoms with E-state index in [1.165, 1.54) is 167 Å². The molecule has 18 heteroatoms. The average Bonchev–Trinajstić information content (AvgIpc) is 0.903.